The van der Waals surface area contributed by atoms with Crippen LogP contribution in [-0.2, 0) is 18.9 Å². The monoisotopic (exact) mass is 220 g/mol. The van der Waals surface area contributed by atoms with Crippen LogP contribution in [0.2, 0.25) is 0 Å². The van der Waals surface area contributed by atoms with Gasteiger partial charge in [0.15, 0.2) is 0 Å². The first-order chi connectivity index (χ1) is 7.19. The summed E-state index contributed by atoms with van der Waals surface area (Å²) in [7, 11) is 4.79. The van der Waals surface area contributed by atoms with Crippen LogP contribution in [0.25, 0.3) is 0 Å². The molecule has 1 aliphatic rings. The van der Waals surface area contributed by atoms with Crippen molar-refractivity contribution in [1.29, 1.82) is 0 Å². The first-order valence-corrected chi connectivity index (χ1v) is 5.04. The molecule has 5 heteroatoms. The predicted octanol–water partition coefficient (Wildman–Crippen LogP) is -0.189. The zero-order chi connectivity index (χ0) is 11.4. The fraction of sp³-hybridized carbons (Fsp3) is 1.00. The van der Waals surface area contributed by atoms with Crippen LogP contribution in [0.4, 0.5) is 0 Å². The van der Waals surface area contributed by atoms with Gasteiger partial charge in [0, 0.05) is 21.3 Å². The maximum absolute atomic E-state index is 9.18. The molecule has 90 valence electrons. The van der Waals surface area contributed by atoms with Gasteiger partial charge in [0.2, 0.25) is 0 Å². The molecule has 1 heterocycles. The molecule has 1 N–H and O–H groups in total. The van der Waals surface area contributed by atoms with E-state index in [1.54, 1.807) is 21.3 Å². The molecule has 1 rings (SSSR count). The molecule has 0 saturated carbocycles. The molecule has 1 aliphatic heterocycles. The molecular formula is C10H20O5. The number of aliphatic hydroxyl groups is 1. The van der Waals surface area contributed by atoms with E-state index in [0.29, 0.717) is 0 Å². The largest absolute Gasteiger partial charge is 0.394 e. The Labute approximate surface area is 90.3 Å². The summed E-state index contributed by atoms with van der Waals surface area (Å²) in [5.41, 5.74) is 0. The van der Waals surface area contributed by atoms with Crippen molar-refractivity contribution in [3.63, 3.8) is 0 Å². The number of methoxy groups -OCH3 is 3. The number of aliphatic hydroxyl groups excluding tert-OH is 1. The van der Waals surface area contributed by atoms with Gasteiger partial charge >= 0.3 is 0 Å². The Kier molecular flexibility index (Phi) is 4.95. The van der Waals surface area contributed by atoms with Gasteiger partial charge in [-0.25, -0.2) is 0 Å². The number of hydrogen-bond donors (Lipinski definition) is 1. The third-order valence-corrected chi connectivity index (χ3v) is 2.86. The summed E-state index contributed by atoms with van der Waals surface area (Å²) in [5, 5.41) is 9.18. The minimum absolute atomic E-state index is 0.0842. The Balaban J connectivity index is 2.80. The zero-order valence-electron chi connectivity index (χ0n) is 9.67. The maximum atomic E-state index is 9.18. The lowest BCUT2D eigenvalue weighted by atomic mass is 9.95. The Morgan fingerprint density at radius 3 is 1.93 bits per heavy atom. The van der Waals surface area contributed by atoms with Gasteiger partial charge in [0.1, 0.15) is 24.4 Å². The fourth-order valence-electron chi connectivity index (χ4n) is 2.12. The van der Waals surface area contributed by atoms with Gasteiger partial charge in [-0.1, -0.05) is 0 Å². The van der Waals surface area contributed by atoms with Gasteiger partial charge in [-0.3, -0.25) is 0 Å². The van der Waals surface area contributed by atoms with Gasteiger partial charge in [-0.2, -0.15) is 0 Å². The topological polar surface area (TPSA) is 57.2 Å². The predicted molar refractivity (Wildman–Crippen MR) is 53.8 cm³/mol. The van der Waals surface area contributed by atoms with Crippen LogP contribution in [0.5, 0.6) is 0 Å². The van der Waals surface area contributed by atoms with Crippen LogP contribution < -0.4 is 0 Å². The van der Waals surface area contributed by atoms with Crippen LogP contribution in [-0.4, -0.2) is 63.6 Å². The van der Waals surface area contributed by atoms with Crippen molar-refractivity contribution >= 4 is 0 Å². The Hall–Kier alpha value is -0.200. The quantitative estimate of drug-likeness (QED) is 0.711. The lowest BCUT2D eigenvalue weighted by Crippen LogP contribution is -2.59. The maximum Gasteiger partial charge on any atom is 0.114 e. The number of hydrogen-bond acceptors (Lipinski definition) is 5. The molecule has 1 saturated heterocycles. The molecule has 1 fully saturated rings. The van der Waals surface area contributed by atoms with E-state index in [1.165, 1.54) is 0 Å². The first-order valence-electron chi connectivity index (χ1n) is 5.04. The highest BCUT2D eigenvalue weighted by Crippen LogP contribution is 2.26. The van der Waals surface area contributed by atoms with Gasteiger partial charge in [-0.05, 0) is 6.92 Å². The lowest BCUT2D eigenvalue weighted by molar-refractivity contribution is -0.243. The van der Waals surface area contributed by atoms with Crippen molar-refractivity contribution in [2.75, 3.05) is 27.9 Å². The van der Waals surface area contributed by atoms with E-state index in [-0.39, 0.29) is 37.1 Å². The highest BCUT2D eigenvalue weighted by Gasteiger charge is 2.44. The van der Waals surface area contributed by atoms with Crippen molar-refractivity contribution in [2.24, 2.45) is 0 Å². The lowest BCUT2D eigenvalue weighted by Gasteiger charge is -2.43. The van der Waals surface area contributed by atoms with Gasteiger partial charge in [0.25, 0.3) is 0 Å². The second kappa shape index (κ2) is 5.77. The summed E-state index contributed by atoms with van der Waals surface area (Å²) in [6, 6.07) is 0. The third kappa shape index (κ3) is 2.49. The highest BCUT2D eigenvalue weighted by molar-refractivity contribution is 4.93. The number of ether oxygens (including phenoxy) is 4. The SMILES string of the molecule is CO[C@@H]1[C@@H](OC)[C@H](C)O[C@@H](CO)[C@@H]1OC. The summed E-state index contributed by atoms with van der Waals surface area (Å²) in [5.74, 6) is 0. The minimum atomic E-state index is -0.360. The summed E-state index contributed by atoms with van der Waals surface area (Å²) >= 11 is 0. The molecule has 0 bridgehead atoms. The van der Waals surface area contributed by atoms with Crippen molar-refractivity contribution < 1.29 is 24.1 Å². The van der Waals surface area contributed by atoms with Crippen LogP contribution in [0.3, 0.4) is 0 Å². The zero-order valence-corrected chi connectivity index (χ0v) is 9.67. The first kappa shape index (κ1) is 12.9. The fourth-order valence-corrected chi connectivity index (χ4v) is 2.12. The Bertz CT molecular complexity index is 187. The third-order valence-electron chi connectivity index (χ3n) is 2.86. The average molecular weight is 220 g/mol. The molecule has 0 aromatic carbocycles. The van der Waals surface area contributed by atoms with Crippen molar-refractivity contribution in [1.82, 2.24) is 0 Å². The second-order valence-corrected chi connectivity index (χ2v) is 3.66. The summed E-state index contributed by atoms with van der Waals surface area (Å²) in [6.07, 6.45) is -1.19. The minimum Gasteiger partial charge on any atom is -0.394 e. The van der Waals surface area contributed by atoms with Gasteiger partial charge in [0.05, 0.1) is 12.7 Å². The Morgan fingerprint density at radius 2 is 1.53 bits per heavy atom. The van der Waals surface area contributed by atoms with Crippen molar-refractivity contribution in [3.05, 3.63) is 0 Å². The molecule has 0 radical (unpaired) electrons. The van der Waals surface area contributed by atoms with Crippen molar-refractivity contribution in [2.45, 2.75) is 37.4 Å². The van der Waals surface area contributed by atoms with E-state index in [4.69, 9.17) is 18.9 Å². The van der Waals surface area contributed by atoms with Crippen LogP contribution in [0.1, 0.15) is 6.92 Å². The molecule has 15 heavy (non-hydrogen) atoms. The van der Waals surface area contributed by atoms with Gasteiger partial charge in [-0.15, -0.1) is 0 Å². The summed E-state index contributed by atoms with van der Waals surface area (Å²) in [6.45, 7) is 1.81. The van der Waals surface area contributed by atoms with E-state index in [9.17, 15) is 5.11 Å². The summed E-state index contributed by atoms with van der Waals surface area (Å²) in [4.78, 5) is 0. The average Bonchev–Trinajstić information content (AvgIpc) is 2.27. The number of rotatable bonds is 4. The van der Waals surface area contributed by atoms with E-state index >= 15 is 0 Å². The van der Waals surface area contributed by atoms with E-state index in [0.717, 1.165) is 0 Å². The molecule has 5 atom stereocenters. The molecule has 0 aromatic rings. The molecule has 5 nitrogen and oxygen atoms in total. The smallest absolute Gasteiger partial charge is 0.114 e. The molecule has 0 spiro atoms. The second-order valence-electron chi connectivity index (χ2n) is 3.66. The van der Waals surface area contributed by atoms with Crippen molar-refractivity contribution in [3.8, 4) is 0 Å². The van der Waals surface area contributed by atoms with E-state index in [2.05, 4.69) is 0 Å². The van der Waals surface area contributed by atoms with Crippen LogP contribution in [0, 0.1) is 0 Å². The van der Waals surface area contributed by atoms with Crippen LogP contribution >= 0.6 is 0 Å². The Morgan fingerprint density at radius 1 is 1.00 bits per heavy atom. The van der Waals surface area contributed by atoms with Gasteiger partial charge < -0.3 is 24.1 Å². The van der Waals surface area contributed by atoms with E-state index < -0.39 is 0 Å². The molecule has 0 amide bonds. The summed E-state index contributed by atoms with van der Waals surface area (Å²) < 4.78 is 21.6. The van der Waals surface area contributed by atoms with E-state index in [1.807, 2.05) is 6.92 Å². The molecule has 0 unspecified atom stereocenters. The standard InChI is InChI=1S/C10H20O5/c1-6-8(12-2)10(14-4)9(13-3)7(5-11)15-6/h6-11H,5H2,1-4H3/t6-,7-,8-,9-,10+/m0/s1. The molecule has 0 aromatic heterocycles. The highest BCUT2D eigenvalue weighted by atomic mass is 16.6. The molecular weight excluding hydrogens is 200 g/mol. The normalized spacial score (nSPS) is 41.8. The van der Waals surface area contributed by atoms with Crippen LogP contribution in [0.15, 0.2) is 0 Å². The molecule has 0 aliphatic carbocycles.